The van der Waals surface area contributed by atoms with Crippen LogP contribution in [0.5, 0.6) is 0 Å². The van der Waals surface area contributed by atoms with Gasteiger partial charge in [-0.25, -0.2) is 8.42 Å². The minimum atomic E-state index is -3.60. The van der Waals surface area contributed by atoms with E-state index in [9.17, 15) is 13.2 Å². The van der Waals surface area contributed by atoms with Gasteiger partial charge < -0.3 is 9.32 Å². The van der Waals surface area contributed by atoms with E-state index in [1.54, 1.807) is 17.0 Å². The van der Waals surface area contributed by atoms with Crippen molar-refractivity contribution in [2.45, 2.75) is 10.1 Å². The molecular weight excluding hydrogens is 468 g/mol. The summed E-state index contributed by atoms with van der Waals surface area (Å²) in [5.74, 6) is 0.483. The second-order valence-corrected chi connectivity index (χ2v) is 10.6. The minimum Gasteiger partial charge on any atom is -0.410 e. The van der Waals surface area contributed by atoms with Crippen molar-refractivity contribution in [1.29, 1.82) is 0 Å². The number of aromatic nitrogens is 2. The number of rotatable bonds is 6. The van der Waals surface area contributed by atoms with E-state index in [-0.39, 0.29) is 29.6 Å². The second-order valence-electron chi connectivity index (χ2n) is 6.38. The van der Waals surface area contributed by atoms with Gasteiger partial charge >= 0.3 is 0 Å². The summed E-state index contributed by atoms with van der Waals surface area (Å²) < 4.78 is 32.4. The van der Waals surface area contributed by atoms with Gasteiger partial charge in [0.15, 0.2) is 0 Å². The van der Waals surface area contributed by atoms with E-state index in [0.29, 0.717) is 29.2 Å². The molecule has 1 fully saturated rings. The van der Waals surface area contributed by atoms with Crippen LogP contribution in [-0.2, 0) is 14.8 Å². The molecule has 0 N–H and O–H groups in total. The highest BCUT2D eigenvalue weighted by atomic mass is 35.5. The lowest BCUT2D eigenvalue weighted by molar-refractivity contribution is -0.129. The van der Waals surface area contributed by atoms with Gasteiger partial charge in [-0.3, -0.25) is 4.79 Å². The lowest BCUT2D eigenvalue weighted by Gasteiger charge is -2.33. The SMILES string of the molecule is O=C(CSc1nnc(-c2cccs2)o1)N1CCN(S(=O)(=O)c2ccc(Cl)cc2)CC1. The van der Waals surface area contributed by atoms with Crippen molar-refractivity contribution in [3.05, 3.63) is 46.8 Å². The summed E-state index contributed by atoms with van der Waals surface area (Å²) in [6.07, 6.45) is 0. The van der Waals surface area contributed by atoms with Gasteiger partial charge in [0, 0.05) is 31.2 Å². The molecule has 158 valence electrons. The maximum Gasteiger partial charge on any atom is 0.277 e. The number of sulfonamides is 1. The number of hydrogen-bond donors (Lipinski definition) is 0. The van der Waals surface area contributed by atoms with E-state index in [0.717, 1.165) is 4.88 Å². The molecule has 2 aromatic heterocycles. The van der Waals surface area contributed by atoms with Crippen molar-refractivity contribution in [1.82, 2.24) is 19.4 Å². The van der Waals surface area contributed by atoms with Crippen LogP contribution < -0.4 is 0 Å². The number of hydrogen-bond acceptors (Lipinski definition) is 8. The summed E-state index contributed by atoms with van der Waals surface area (Å²) in [6, 6.07) is 9.85. The number of nitrogens with zero attached hydrogens (tertiary/aromatic N) is 4. The molecule has 3 heterocycles. The van der Waals surface area contributed by atoms with Crippen LogP contribution in [0.25, 0.3) is 10.8 Å². The number of benzene rings is 1. The first-order valence-electron chi connectivity index (χ1n) is 8.97. The summed E-state index contributed by atoms with van der Waals surface area (Å²) in [5.41, 5.74) is 0. The van der Waals surface area contributed by atoms with Gasteiger partial charge in [0.05, 0.1) is 15.5 Å². The Balaban J connectivity index is 1.29. The minimum absolute atomic E-state index is 0.0978. The predicted molar refractivity (Wildman–Crippen MR) is 115 cm³/mol. The third-order valence-corrected chi connectivity index (χ3v) is 8.33. The van der Waals surface area contributed by atoms with Crippen LogP contribution in [0.3, 0.4) is 0 Å². The Morgan fingerprint density at radius 2 is 1.87 bits per heavy atom. The van der Waals surface area contributed by atoms with Crippen molar-refractivity contribution in [2.75, 3.05) is 31.9 Å². The summed E-state index contributed by atoms with van der Waals surface area (Å²) in [7, 11) is -3.60. The zero-order valence-electron chi connectivity index (χ0n) is 15.6. The fraction of sp³-hybridized carbons (Fsp3) is 0.278. The maximum atomic E-state index is 12.7. The monoisotopic (exact) mass is 484 g/mol. The van der Waals surface area contributed by atoms with Gasteiger partial charge in [0.2, 0.25) is 15.9 Å². The summed E-state index contributed by atoms with van der Waals surface area (Å²) in [6.45, 7) is 1.14. The van der Waals surface area contributed by atoms with Crippen LogP contribution >= 0.6 is 34.7 Å². The fourth-order valence-electron chi connectivity index (χ4n) is 2.92. The van der Waals surface area contributed by atoms with Crippen molar-refractivity contribution in [2.24, 2.45) is 0 Å². The number of carbonyl (C=O) groups is 1. The molecule has 0 spiro atoms. The Kier molecular flexibility index (Phi) is 6.44. The zero-order chi connectivity index (χ0) is 21.1. The highest BCUT2D eigenvalue weighted by Crippen LogP contribution is 2.27. The largest absolute Gasteiger partial charge is 0.410 e. The van der Waals surface area contributed by atoms with Crippen LogP contribution in [0.1, 0.15) is 0 Å². The number of amides is 1. The molecule has 0 unspecified atom stereocenters. The zero-order valence-corrected chi connectivity index (χ0v) is 18.8. The summed E-state index contributed by atoms with van der Waals surface area (Å²) in [4.78, 5) is 15.2. The third kappa shape index (κ3) is 4.70. The number of halogens is 1. The molecule has 0 saturated carbocycles. The predicted octanol–water partition coefficient (Wildman–Crippen LogP) is 3.08. The molecule has 1 aliphatic heterocycles. The van der Waals surface area contributed by atoms with Crippen LogP contribution in [-0.4, -0.2) is 65.7 Å². The molecule has 1 saturated heterocycles. The van der Waals surface area contributed by atoms with E-state index in [1.165, 1.54) is 39.5 Å². The van der Waals surface area contributed by atoms with Crippen molar-refractivity contribution in [3.63, 3.8) is 0 Å². The molecule has 0 radical (unpaired) electrons. The Morgan fingerprint density at radius 1 is 1.13 bits per heavy atom. The highest BCUT2D eigenvalue weighted by Gasteiger charge is 2.30. The average Bonchev–Trinajstić information content (AvgIpc) is 3.44. The molecule has 8 nitrogen and oxygen atoms in total. The van der Waals surface area contributed by atoms with E-state index in [4.69, 9.17) is 16.0 Å². The van der Waals surface area contributed by atoms with Gasteiger partial charge in [0.25, 0.3) is 11.1 Å². The summed E-state index contributed by atoms with van der Waals surface area (Å²) in [5, 5.41) is 10.7. The van der Waals surface area contributed by atoms with E-state index in [2.05, 4.69) is 10.2 Å². The highest BCUT2D eigenvalue weighted by molar-refractivity contribution is 7.99. The first kappa shape index (κ1) is 21.3. The van der Waals surface area contributed by atoms with Crippen molar-refractivity contribution >= 4 is 50.6 Å². The first-order valence-corrected chi connectivity index (χ1v) is 12.7. The smallest absolute Gasteiger partial charge is 0.277 e. The lowest BCUT2D eigenvalue weighted by Crippen LogP contribution is -2.50. The van der Waals surface area contributed by atoms with Crippen molar-refractivity contribution < 1.29 is 17.6 Å². The average molecular weight is 485 g/mol. The second kappa shape index (κ2) is 9.06. The molecule has 1 aliphatic rings. The fourth-order valence-corrected chi connectivity index (χ4v) is 5.77. The molecule has 1 amide bonds. The van der Waals surface area contributed by atoms with Gasteiger partial charge in [-0.15, -0.1) is 21.5 Å². The van der Waals surface area contributed by atoms with Crippen LogP contribution in [0.4, 0.5) is 0 Å². The Labute approximate surface area is 186 Å². The first-order chi connectivity index (χ1) is 14.4. The Hall–Kier alpha value is -1.92. The molecule has 0 atom stereocenters. The third-order valence-electron chi connectivity index (χ3n) is 4.50. The Morgan fingerprint density at radius 3 is 2.53 bits per heavy atom. The van der Waals surface area contributed by atoms with Gasteiger partial charge in [-0.05, 0) is 35.7 Å². The normalized spacial score (nSPS) is 15.4. The molecule has 12 heteroatoms. The number of carbonyl (C=O) groups excluding carboxylic acids is 1. The van der Waals surface area contributed by atoms with Crippen molar-refractivity contribution in [3.8, 4) is 10.8 Å². The van der Waals surface area contributed by atoms with E-state index < -0.39 is 10.0 Å². The molecule has 3 aromatic rings. The molecule has 0 aliphatic carbocycles. The van der Waals surface area contributed by atoms with E-state index >= 15 is 0 Å². The van der Waals surface area contributed by atoms with Gasteiger partial charge in [0.1, 0.15) is 0 Å². The lowest BCUT2D eigenvalue weighted by atomic mass is 10.3. The van der Waals surface area contributed by atoms with Gasteiger partial charge in [-0.2, -0.15) is 4.31 Å². The number of piperazine rings is 1. The van der Waals surface area contributed by atoms with Gasteiger partial charge in [-0.1, -0.05) is 29.4 Å². The molecular formula is C18H17ClN4O4S3. The summed E-state index contributed by atoms with van der Waals surface area (Å²) >= 11 is 8.50. The molecule has 4 rings (SSSR count). The molecule has 30 heavy (non-hydrogen) atoms. The van der Waals surface area contributed by atoms with Crippen LogP contribution in [0.2, 0.25) is 5.02 Å². The molecule has 1 aromatic carbocycles. The van der Waals surface area contributed by atoms with Crippen LogP contribution in [0, 0.1) is 0 Å². The topological polar surface area (TPSA) is 96.6 Å². The van der Waals surface area contributed by atoms with Crippen LogP contribution in [0.15, 0.2) is 56.3 Å². The van der Waals surface area contributed by atoms with E-state index in [1.807, 2.05) is 17.5 Å². The number of thioether (sulfide) groups is 1. The molecule has 0 bridgehead atoms. The standard InChI is InChI=1S/C18H17ClN4O4S3/c19-13-3-5-14(6-4-13)30(25,26)23-9-7-22(8-10-23)16(24)12-29-18-21-20-17(27-18)15-2-1-11-28-15/h1-6,11H,7-10,12H2. The maximum absolute atomic E-state index is 12.7. The quantitative estimate of drug-likeness (QED) is 0.496. The Bertz CT molecular complexity index is 1110. The number of thiophene rings is 1.